The van der Waals surface area contributed by atoms with Crippen molar-refractivity contribution in [2.75, 3.05) is 17.8 Å². The van der Waals surface area contributed by atoms with E-state index in [-0.39, 0.29) is 17.8 Å². The fourth-order valence-electron chi connectivity index (χ4n) is 4.01. The van der Waals surface area contributed by atoms with Crippen LogP contribution in [0.2, 0.25) is 0 Å². The number of piperidine rings is 2. The summed E-state index contributed by atoms with van der Waals surface area (Å²) in [5, 5.41) is 0. The predicted octanol–water partition coefficient (Wildman–Crippen LogP) is 3.27. The lowest BCUT2D eigenvalue weighted by molar-refractivity contribution is -0.117. The van der Waals surface area contributed by atoms with Crippen molar-refractivity contribution in [1.29, 1.82) is 0 Å². The molecule has 2 saturated heterocycles. The summed E-state index contributed by atoms with van der Waals surface area (Å²) < 4.78 is 0. The first-order valence-corrected chi connectivity index (χ1v) is 8.39. The minimum Gasteiger partial charge on any atom is -0.308 e. The molecule has 1 aromatic carbocycles. The van der Waals surface area contributed by atoms with E-state index in [0.29, 0.717) is 12.1 Å². The number of para-hydroxylation sites is 1. The smallest absolute Gasteiger partial charge is 0.242 e. The first-order valence-electron chi connectivity index (χ1n) is 7.85. The molecule has 0 N–H and O–H groups in total. The first kappa shape index (κ1) is 14.9. The topological polar surface area (TPSA) is 23.6 Å². The molecule has 2 aliphatic rings. The van der Waals surface area contributed by atoms with Gasteiger partial charge >= 0.3 is 0 Å². The third-order valence-electron chi connectivity index (χ3n) is 5.10. The molecular weight excluding hydrogens is 284 g/mol. The molecule has 0 spiro atoms. The number of rotatable bonds is 3. The highest BCUT2D eigenvalue weighted by atomic mass is 35.5. The second kappa shape index (κ2) is 6.37. The van der Waals surface area contributed by atoms with Crippen LogP contribution >= 0.6 is 11.6 Å². The SMILES string of the molecule is CN1[C@@H]2CCC[C@H]1CC(N(C(=O)CCl)c1ccccc1)C2. The molecule has 1 amide bonds. The van der Waals surface area contributed by atoms with Gasteiger partial charge in [-0.1, -0.05) is 24.6 Å². The van der Waals surface area contributed by atoms with Crippen LogP contribution in [0.25, 0.3) is 0 Å². The number of hydrogen-bond acceptors (Lipinski definition) is 2. The Morgan fingerprint density at radius 3 is 2.43 bits per heavy atom. The lowest BCUT2D eigenvalue weighted by atomic mass is 9.81. The van der Waals surface area contributed by atoms with Gasteiger partial charge in [-0.05, 0) is 44.9 Å². The van der Waals surface area contributed by atoms with Crippen LogP contribution in [0, 0.1) is 0 Å². The van der Waals surface area contributed by atoms with Gasteiger partial charge in [-0.3, -0.25) is 4.79 Å². The number of carbonyl (C=O) groups excluding carboxylic acids is 1. The number of carbonyl (C=O) groups is 1. The van der Waals surface area contributed by atoms with Crippen molar-refractivity contribution in [3.05, 3.63) is 30.3 Å². The van der Waals surface area contributed by atoms with E-state index < -0.39 is 0 Å². The summed E-state index contributed by atoms with van der Waals surface area (Å²) in [4.78, 5) is 16.9. The molecule has 2 aliphatic heterocycles. The molecule has 21 heavy (non-hydrogen) atoms. The van der Waals surface area contributed by atoms with Crippen LogP contribution in [0.1, 0.15) is 32.1 Å². The van der Waals surface area contributed by atoms with Gasteiger partial charge in [0.2, 0.25) is 5.91 Å². The van der Waals surface area contributed by atoms with Crippen LogP contribution in [0.3, 0.4) is 0 Å². The third-order valence-corrected chi connectivity index (χ3v) is 5.33. The number of anilines is 1. The zero-order valence-corrected chi connectivity index (χ0v) is 13.3. The highest BCUT2D eigenvalue weighted by molar-refractivity contribution is 6.29. The average molecular weight is 307 g/mol. The molecule has 0 radical (unpaired) electrons. The fraction of sp³-hybridized carbons (Fsp3) is 0.588. The van der Waals surface area contributed by atoms with Gasteiger partial charge in [0.05, 0.1) is 0 Å². The predicted molar refractivity (Wildman–Crippen MR) is 86.9 cm³/mol. The van der Waals surface area contributed by atoms with Gasteiger partial charge in [0.1, 0.15) is 5.88 Å². The Labute approximate surface area is 131 Å². The van der Waals surface area contributed by atoms with Crippen LogP contribution in [-0.4, -0.2) is 41.9 Å². The van der Waals surface area contributed by atoms with Gasteiger partial charge in [0.25, 0.3) is 0 Å². The summed E-state index contributed by atoms with van der Waals surface area (Å²) in [6.45, 7) is 0. The highest BCUT2D eigenvalue weighted by Crippen LogP contribution is 2.36. The number of benzene rings is 1. The molecule has 0 aliphatic carbocycles. The van der Waals surface area contributed by atoms with E-state index in [4.69, 9.17) is 11.6 Å². The molecule has 3 atom stereocenters. The van der Waals surface area contributed by atoms with Crippen molar-refractivity contribution in [1.82, 2.24) is 4.90 Å². The number of hydrogen-bond donors (Lipinski definition) is 0. The van der Waals surface area contributed by atoms with E-state index in [1.54, 1.807) is 0 Å². The van der Waals surface area contributed by atoms with Crippen molar-refractivity contribution in [2.45, 2.75) is 50.2 Å². The van der Waals surface area contributed by atoms with E-state index in [0.717, 1.165) is 18.5 Å². The summed E-state index contributed by atoms with van der Waals surface area (Å²) in [6.07, 6.45) is 5.94. The minimum absolute atomic E-state index is 0.0236. The number of halogens is 1. The van der Waals surface area contributed by atoms with Crippen LogP contribution in [-0.2, 0) is 4.79 Å². The molecule has 1 aromatic rings. The standard InChI is InChI=1S/C17H23ClN2O/c1-19-14-8-5-9-15(19)11-16(10-14)20(17(21)12-18)13-6-3-2-4-7-13/h2-4,6-7,14-16H,5,8-12H2,1H3/t14-,15+,16?. The number of fused-ring (bicyclic) bond motifs is 2. The summed E-state index contributed by atoms with van der Waals surface area (Å²) >= 11 is 5.86. The van der Waals surface area contributed by atoms with Crippen molar-refractivity contribution < 1.29 is 4.79 Å². The van der Waals surface area contributed by atoms with Crippen LogP contribution in [0.15, 0.2) is 30.3 Å². The van der Waals surface area contributed by atoms with E-state index in [1.807, 2.05) is 35.2 Å². The monoisotopic (exact) mass is 306 g/mol. The van der Waals surface area contributed by atoms with Crippen LogP contribution < -0.4 is 4.90 Å². The molecule has 2 heterocycles. The highest BCUT2D eigenvalue weighted by Gasteiger charge is 2.39. The van der Waals surface area contributed by atoms with Gasteiger partial charge in [0.15, 0.2) is 0 Å². The molecule has 4 heteroatoms. The van der Waals surface area contributed by atoms with E-state index in [2.05, 4.69) is 11.9 Å². The fourth-order valence-corrected chi connectivity index (χ4v) is 4.14. The molecule has 3 nitrogen and oxygen atoms in total. The normalized spacial score (nSPS) is 29.1. The van der Waals surface area contributed by atoms with Crippen molar-refractivity contribution in [3.63, 3.8) is 0 Å². The summed E-state index contributed by atoms with van der Waals surface area (Å²) in [5.41, 5.74) is 0.982. The van der Waals surface area contributed by atoms with Crippen molar-refractivity contribution >= 4 is 23.2 Å². The quantitative estimate of drug-likeness (QED) is 0.800. The first-order chi connectivity index (χ1) is 10.2. The van der Waals surface area contributed by atoms with Crippen molar-refractivity contribution in [3.8, 4) is 0 Å². The third kappa shape index (κ3) is 2.95. The maximum atomic E-state index is 12.4. The Bertz CT molecular complexity index is 479. The summed E-state index contributed by atoms with van der Waals surface area (Å²) in [5.74, 6) is 0.0758. The number of alkyl halides is 1. The summed E-state index contributed by atoms with van der Waals surface area (Å²) in [6, 6.07) is 11.5. The zero-order valence-electron chi connectivity index (χ0n) is 12.5. The van der Waals surface area contributed by atoms with Gasteiger partial charge < -0.3 is 9.80 Å². The maximum Gasteiger partial charge on any atom is 0.242 e. The van der Waals surface area contributed by atoms with Gasteiger partial charge in [-0.2, -0.15) is 0 Å². The molecular formula is C17H23ClN2O. The Kier molecular flexibility index (Phi) is 4.51. The molecule has 1 unspecified atom stereocenters. The van der Waals surface area contributed by atoms with E-state index in [9.17, 15) is 4.79 Å². The van der Waals surface area contributed by atoms with Crippen molar-refractivity contribution in [2.24, 2.45) is 0 Å². The molecule has 0 saturated carbocycles. The Balaban J connectivity index is 1.86. The lowest BCUT2D eigenvalue weighted by Crippen LogP contribution is -2.56. The summed E-state index contributed by atoms with van der Waals surface area (Å²) in [7, 11) is 2.24. The largest absolute Gasteiger partial charge is 0.308 e. The van der Waals surface area contributed by atoms with E-state index >= 15 is 0 Å². The molecule has 0 aromatic heterocycles. The Morgan fingerprint density at radius 2 is 1.86 bits per heavy atom. The molecule has 2 bridgehead atoms. The van der Waals surface area contributed by atoms with Gasteiger partial charge in [-0.25, -0.2) is 0 Å². The van der Waals surface area contributed by atoms with Gasteiger partial charge in [-0.15, -0.1) is 11.6 Å². The maximum absolute atomic E-state index is 12.4. The van der Waals surface area contributed by atoms with Crippen LogP contribution in [0.4, 0.5) is 5.69 Å². The van der Waals surface area contributed by atoms with Crippen LogP contribution in [0.5, 0.6) is 0 Å². The Morgan fingerprint density at radius 1 is 1.24 bits per heavy atom. The second-order valence-electron chi connectivity index (χ2n) is 6.26. The molecule has 3 rings (SSSR count). The number of amides is 1. The lowest BCUT2D eigenvalue weighted by Gasteiger charge is -2.49. The zero-order chi connectivity index (χ0) is 14.8. The van der Waals surface area contributed by atoms with E-state index in [1.165, 1.54) is 19.3 Å². The number of nitrogens with zero attached hydrogens (tertiary/aromatic N) is 2. The Hall–Kier alpha value is -1.06. The van der Waals surface area contributed by atoms with Gasteiger partial charge in [0, 0.05) is 23.8 Å². The minimum atomic E-state index is 0.0236. The second-order valence-corrected chi connectivity index (χ2v) is 6.53. The average Bonchev–Trinajstić information content (AvgIpc) is 2.49. The molecule has 2 fully saturated rings. The molecule has 114 valence electrons.